The summed E-state index contributed by atoms with van der Waals surface area (Å²) in [4.78, 5) is 5.82. The summed E-state index contributed by atoms with van der Waals surface area (Å²) in [6.07, 6.45) is 12.8. The fourth-order valence-electron chi connectivity index (χ4n) is 3.21. The minimum Gasteiger partial charge on any atom is -0.497 e. The van der Waals surface area contributed by atoms with E-state index >= 15 is 0 Å². The highest BCUT2D eigenvalue weighted by atomic mass is 32.1. The summed E-state index contributed by atoms with van der Waals surface area (Å²) in [6.45, 7) is 5.84. The van der Waals surface area contributed by atoms with E-state index in [0.29, 0.717) is 5.57 Å². The molecule has 138 valence electrons. The molecule has 0 radical (unpaired) electrons. The van der Waals surface area contributed by atoms with Crippen LogP contribution in [0.2, 0.25) is 0 Å². The maximum atomic E-state index is 9.41. The number of hydrogen-bond acceptors (Lipinski definition) is 4. The van der Waals surface area contributed by atoms with Crippen molar-refractivity contribution in [2.24, 2.45) is 0 Å². The van der Waals surface area contributed by atoms with Crippen LogP contribution in [-0.2, 0) is 17.6 Å². The first-order valence-corrected chi connectivity index (χ1v) is 10.1. The summed E-state index contributed by atoms with van der Waals surface area (Å²) >= 11 is 1.67. The predicted molar refractivity (Wildman–Crippen MR) is 112 cm³/mol. The van der Waals surface area contributed by atoms with Crippen molar-refractivity contribution in [2.45, 2.75) is 46.1 Å². The number of hydrogen-bond donors (Lipinski definition) is 0. The second kappa shape index (κ2) is 8.83. The van der Waals surface area contributed by atoms with Crippen LogP contribution in [0.15, 0.2) is 54.5 Å². The average molecular weight is 377 g/mol. The Morgan fingerprint density at radius 3 is 2.93 bits per heavy atom. The van der Waals surface area contributed by atoms with Gasteiger partial charge in [0.1, 0.15) is 17.3 Å². The van der Waals surface area contributed by atoms with Gasteiger partial charge >= 0.3 is 0 Å². The van der Waals surface area contributed by atoms with Gasteiger partial charge in [0.15, 0.2) is 0 Å². The van der Waals surface area contributed by atoms with Gasteiger partial charge in [-0.05, 0) is 62.8 Å². The van der Waals surface area contributed by atoms with E-state index in [1.54, 1.807) is 11.3 Å². The first-order chi connectivity index (χ1) is 13.1. The van der Waals surface area contributed by atoms with E-state index in [2.05, 4.69) is 29.3 Å². The molecule has 0 unspecified atom stereocenters. The van der Waals surface area contributed by atoms with Crippen molar-refractivity contribution in [2.75, 3.05) is 0 Å². The zero-order valence-corrected chi connectivity index (χ0v) is 16.8. The SMILES string of the molecule is C\C=C/C(=C\C(C#N)=C\OC(C)C)c1ncc(-c2cccc3c2CCC3)s1. The Hall–Kier alpha value is -2.64. The van der Waals surface area contributed by atoms with Crippen molar-refractivity contribution in [3.05, 3.63) is 70.6 Å². The van der Waals surface area contributed by atoms with E-state index in [9.17, 15) is 5.26 Å². The Kier molecular flexibility index (Phi) is 6.26. The van der Waals surface area contributed by atoms with Crippen LogP contribution < -0.4 is 0 Å². The third kappa shape index (κ3) is 4.56. The molecule has 1 aliphatic rings. The van der Waals surface area contributed by atoms with E-state index in [0.717, 1.165) is 17.0 Å². The van der Waals surface area contributed by atoms with E-state index in [4.69, 9.17) is 4.74 Å². The zero-order valence-electron chi connectivity index (χ0n) is 16.0. The molecule has 1 heterocycles. The van der Waals surface area contributed by atoms with Gasteiger partial charge < -0.3 is 4.74 Å². The lowest BCUT2D eigenvalue weighted by Gasteiger charge is -2.05. The van der Waals surface area contributed by atoms with Crippen molar-refractivity contribution in [3.8, 4) is 16.5 Å². The minimum atomic E-state index is 0.0403. The van der Waals surface area contributed by atoms with E-state index < -0.39 is 0 Å². The maximum Gasteiger partial charge on any atom is 0.123 e. The Balaban J connectivity index is 1.95. The van der Waals surface area contributed by atoms with Crippen LogP contribution >= 0.6 is 11.3 Å². The molecule has 0 saturated carbocycles. The Morgan fingerprint density at radius 1 is 1.33 bits per heavy atom. The molecule has 0 spiro atoms. The Labute approximate surface area is 165 Å². The van der Waals surface area contributed by atoms with E-state index in [1.807, 2.05) is 45.2 Å². The van der Waals surface area contributed by atoms with Crippen molar-refractivity contribution in [3.63, 3.8) is 0 Å². The minimum absolute atomic E-state index is 0.0403. The molecule has 0 amide bonds. The highest BCUT2D eigenvalue weighted by molar-refractivity contribution is 7.16. The van der Waals surface area contributed by atoms with E-state index in [1.165, 1.54) is 40.7 Å². The summed E-state index contributed by atoms with van der Waals surface area (Å²) in [5.74, 6) is 0. The Morgan fingerprint density at radius 2 is 2.19 bits per heavy atom. The number of aryl methyl sites for hydroxylation is 1. The summed E-state index contributed by atoms with van der Waals surface area (Å²) in [5.41, 5.74) is 5.63. The molecule has 0 aliphatic heterocycles. The van der Waals surface area contributed by atoms with Gasteiger partial charge in [-0.3, -0.25) is 0 Å². The number of thiazole rings is 1. The summed E-state index contributed by atoms with van der Waals surface area (Å²) in [6, 6.07) is 8.76. The number of allylic oxidation sites excluding steroid dienone is 5. The number of nitriles is 1. The Bertz CT molecular complexity index is 942. The first kappa shape index (κ1) is 19.1. The fraction of sp³-hybridized carbons (Fsp3) is 0.304. The van der Waals surface area contributed by atoms with Gasteiger partial charge in [0.05, 0.1) is 16.6 Å². The summed E-state index contributed by atoms with van der Waals surface area (Å²) in [5, 5.41) is 10.3. The average Bonchev–Trinajstić information content (AvgIpc) is 3.33. The largest absolute Gasteiger partial charge is 0.497 e. The number of aromatic nitrogens is 1. The van der Waals surface area contributed by atoms with Gasteiger partial charge in [0.2, 0.25) is 0 Å². The number of fused-ring (bicyclic) bond motifs is 1. The first-order valence-electron chi connectivity index (χ1n) is 9.29. The van der Waals surface area contributed by atoms with Gasteiger partial charge in [-0.1, -0.05) is 30.4 Å². The lowest BCUT2D eigenvalue weighted by atomic mass is 10.0. The van der Waals surface area contributed by atoms with E-state index in [-0.39, 0.29) is 6.10 Å². The summed E-state index contributed by atoms with van der Waals surface area (Å²) in [7, 11) is 0. The second-order valence-corrected chi connectivity index (χ2v) is 7.83. The van der Waals surface area contributed by atoms with Crippen molar-refractivity contribution in [1.29, 1.82) is 5.26 Å². The molecule has 0 N–H and O–H groups in total. The molecule has 0 fully saturated rings. The predicted octanol–water partition coefficient (Wildman–Crippen LogP) is 6.09. The molecule has 27 heavy (non-hydrogen) atoms. The van der Waals surface area contributed by atoms with Crippen LogP contribution in [0.3, 0.4) is 0 Å². The van der Waals surface area contributed by atoms with Gasteiger partial charge in [-0.25, -0.2) is 4.98 Å². The molecule has 2 aromatic rings. The van der Waals surface area contributed by atoms with Crippen molar-refractivity contribution < 1.29 is 4.74 Å². The topological polar surface area (TPSA) is 45.9 Å². The van der Waals surface area contributed by atoms with Crippen LogP contribution in [-0.4, -0.2) is 11.1 Å². The second-order valence-electron chi connectivity index (χ2n) is 6.80. The number of ether oxygens (including phenoxy) is 1. The maximum absolute atomic E-state index is 9.41. The lowest BCUT2D eigenvalue weighted by Crippen LogP contribution is -1.96. The van der Waals surface area contributed by atoms with Gasteiger partial charge in [-0.2, -0.15) is 5.26 Å². The molecule has 3 nitrogen and oxygen atoms in total. The molecule has 0 saturated heterocycles. The van der Waals surface area contributed by atoms with Crippen LogP contribution in [0, 0.1) is 11.3 Å². The molecular formula is C23H24N2OS. The van der Waals surface area contributed by atoms with Gasteiger partial charge in [-0.15, -0.1) is 11.3 Å². The quantitative estimate of drug-likeness (QED) is 0.348. The standard InChI is InChI=1S/C23H24N2OS/c1-4-7-19(12-17(13-24)15-26-16(2)3)23-25-14-22(27-23)21-11-6-9-18-8-5-10-20(18)21/h4,6-7,9,11-12,14-16H,5,8,10H2,1-3H3/b7-4-,17-15-,19-12+. The molecule has 1 aromatic heterocycles. The highest BCUT2D eigenvalue weighted by Gasteiger charge is 2.17. The van der Waals surface area contributed by atoms with Gasteiger partial charge in [0.25, 0.3) is 0 Å². The van der Waals surface area contributed by atoms with Crippen LogP contribution in [0.1, 0.15) is 43.3 Å². The van der Waals surface area contributed by atoms with Crippen LogP contribution in [0.25, 0.3) is 16.0 Å². The zero-order chi connectivity index (χ0) is 19.2. The molecule has 3 rings (SSSR count). The smallest absolute Gasteiger partial charge is 0.123 e. The highest BCUT2D eigenvalue weighted by Crippen LogP contribution is 2.36. The molecule has 0 atom stereocenters. The number of nitrogens with zero attached hydrogens (tertiary/aromatic N) is 2. The van der Waals surface area contributed by atoms with Crippen molar-refractivity contribution in [1.82, 2.24) is 4.98 Å². The fourth-order valence-corrected chi connectivity index (χ4v) is 4.18. The molecule has 4 heteroatoms. The number of benzene rings is 1. The summed E-state index contributed by atoms with van der Waals surface area (Å²) < 4.78 is 5.46. The number of rotatable bonds is 6. The molecule has 1 aromatic carbocycles. The normalized spacial score (nSPS) is 14.6. The molecule has 0 bridgehead atoms. The molecule has 1 aliphatic carbocycles. The lowest BCUT2D eigenvalue weighted by molar-refractivity contribution is 0.178. The third-order valence-electron chi connectivity index (χ3n) is 4.42. The third-order valence-corrected chi connectivity index (χ3v) is 5.50. The monoisotopic (exact) mass is 376 g/mol. The van der Waals surface area contributed by atoms with Crippen LogP contribution in [0.5, 0.6) is 0 Å². The molecular weight excluding hydrogens is 352 g/mol. The van der Waals surface area contributed by atoms with Crippen LogP contribution in [0.4, 0.5) is 0 Å². The van der Waals surface area contributed by atoms with Gasteiger partial charge in [0, 0.05) is 11.8 Å². The van der Waals surface area contributed by atoms with Crippen molar-refractivity contribution >= 4 is 16.9 Å².